The zero-order chi connectivity index (χ0) is 24.2. The molecule has 2 aromatic rings. The Balaban J connectivity index is 1.18. The molecule has 3 N–H and O–H groups in total. The molecule has 3 aliphatic rings. The Hall–Kier alpha value is -3.08. The molecule has 3 fully saturated rings. The van der Waals surface area contributed by atoms with Gasteiger partial charge in [0.2, 0.25) is 11.9 Å². The van der Waals surface area contributed by atoms with Crippen LogP contribution in [0.25, 0.3) is 0 Å². The van der Waals surface area contributed by atoms with E-state index in [9.17, 15) is 14.9 Å². The van der Waals surface area contributed by atoms with Gasteiger partial charge in [-0.3, -0.25) is 30.2 Å². The van der Waals surface area contributed by atoms with E-state index in [1.165, 1.54) is 5.56 Å². The van der Waals surface area contributed by atoms with Crippen molar-refractivity contribution in [1.29, 1.82) is 0 Å². The second-order valence-electron chi connectivity index (χ2n) is 9.73. The van der Waals surface area contributed by atoms with Gasteiger partial charge in [-0.1, -0.05) is 12.1 Å². The average Bonchev–Trinajstić information content (AvgIpc) is 3.32. The van der Waals surface area contributed by atoms with Gasteiger partial charge >= 0.3 is 0 Å². The van der Waals surface area contributed by atoms with Gasteiger partial charge in [0, 0.05) is 74.8 Å². The van der Waals surface area contributed by atoms with Gasteiger partial charge in [-0.15, -0.1) is 0 Å². The van der Waals surface area contributed by atoms with Crippen molar-refractivity contribution in [3.05, 3.63) is 64.5 Å². The van der Waals surface area contributed by atoms with Gasteiger partial charge in [-0.25, -0.2) is 5.43 Å². The van der Waals surface area contributed by atoms with E-state index < -0.39 is 12.1 Å². The van der Waals surface area contributed by atoms with Gasteiger partial charge < -0.3 is 10.2 Å². The standard InChI is InChI=1S/C25H33N7O3/c33-25(24-20-17-19(32(34)35)5-6-21(20)28-29-24)27-22-3-1-2-4-23(22)31-15-13-30(14-16-31)12-9-18-7-10-26-11-8-18/h1-4,7-8,10-11,19-21,24,28-29H,5-6,9,12-17H2,(H,27,33). The fraction of sp³-hybridized carbons (Fsp3) is 0.520. The van der Waals surface area contributed by atoms with Crippen LogP contribution in [0.2, 0.25) is 0 Å². The average molecular weight is 480 g/mol. The summed E-state index contributed by atoms with van der Waals surface area (Å²) in [4.78, 5) is 33.2. The number of hydrogen-bond acceptors (Lipinski definition) is 8. The predicted molar refractivity (Wildman–Crippen MR) is 134 cm³/mol. The summed E-state index contributed by atoms with van der Waals surface area (Å²) in [7, 11) is 0. The largest absolute Gasteiger partial charge is 0.367 e. The molecule has 186 valence electrons. The van der Waals surface area contributed by atoms with E-state index in [1.807, 2.05) is 30.6 Å². The highest BCUT2D eigenvalue weighted by Gasteiger charge is 2.46. The van der Waals surface area contributed by atoms with Crippen LogP contribution in [-0.2, 0) is 11.2 Å². The molecule has 4 unspecified atom stereocenters. The highest BCUT2D eigenvalue weighted by molar-refractivity contribution is 5.98. The van der Waals surface area contributed by atoms with Crippen molar-refractivity contribution in [1.82, 2.24) is 20.7 Å². The first-order valence-corrected chi connectivity index (χ1v) is 12.5. The summed E-state index contributed by atoms with van der Waals surface area (Å²) in [5, 5.41) is 14.4. The second kappa shape index (κ2) is 10.7. The van der Waals surface area contributed by atoms with Gasteiger partial charge in [0.05, 0.1) is 11.4 Å². The molecule has 35 heavy (non-hydrogen) atoms. The molecule has 5 rings (SSSR count). The molecular weight excluding hydrogens is 446 g/mol. The molecule has 2 aliphatic heterocycles. The first-order chi connectivity index (χ1) is 17.1. The normalized spacial score (nSPS) is 26.8. The smallest absolute Gasteiger partial charge is 0.243 e. The lowest BCUT2D eigenvalue weighted by Gasteiger charge is -2.37. The number of carbonyl (C=O) groups is 1. The maximum absolute atomic E-state index is 13.2. The number of nitrogens with one attached hydrogen (secondary N) is 3. The number of nitro groups is 1. The Kier molecular flexibility index (Phi) is 7.21. The van der Waals surface area contributed by atoms with E-state index >= 15 is 0 Å². The van der Waals surface area contributed by atoms with Crippen LogP contribution < -0.4 is 21.1 Å². The van der Waals surface area contributed by atoms with E-state index in [2.05, 4.69) is 49.2 Å². The maximum Gasteiger partial charge on any atom is 0.243 e. The molecule has 10 nitrogen and oxygen atoms in total. The van der Waals surface area contributed by atoms with E-state index in [4.69, 9.17) is 0 Å². The van der Waals surface area contributed by atoms with Crippen molar-refractivity contribution in [2.45, 2.75) is 43.8 Å². The molecule has 0 bridgehead atoms. The zero-order valence-electron chi connectivity index (χ0n) is 19.8. The molecule has 1 amide bonds. The van der Waals surface area contributed by atoms with Crippen molar-refractivity contribution >= 4 is 17.3 Å². The molecule has 1 aliphatic carbocycles. The van der Waals surface area contributed by atoms with E-state index in [0.29, 0.717) is 19.3 Å². The molecule has 2 saturated heterocycles. The molecule has 1 aromatic carbocycles. The molecule has 10 heteroatoms. The lowest BCUT2D eigenvalue weighted by atomic mass is 9.79. The van der Waals surface area contributed by atoms with Crippen LogP contribution in [0.15, 0.2) is 48.8 Å². The monoisotopic (exact) mass is 479 g/mol. The van der Waals surface area contributed by atoms with Crippen LogP contribution in [0.1, 0.15) is 24.8 Å². The summed E-state index contributed by atoms with van der Waals surface area (Å²) in [6, 6.07) is 11.1. The number of hydrogen-bond donors (Lipinski definition) is 3. The molecule has 0 spiro atoms. The van der Waals surface area contributed by atoms with Crippen LogP contribution in [0, 0.1) is 16.0 Å². The lowest BCUT2D eigenvalue weighted by molar-refractivity contribution is -0.528. The van der Waals surface area contributed by atoms with Crippen LogP contribution in [0.5, 0.6) is 0 Å². The fourth-order valence-corrected chi connectivity index (χ4v) is 5.60. The topological polar surface area (TPSA) is 116 Å². The number of hydrazine groups is 1. The highest BCUT2D eigenvalue weighted by atomic mass is 16.6. The summed E-state index contributed by atoms with van der Waals surface area (Å²) in [6.07, 6.45) is 6.36. The Bertz CT molecular complexity index is 1030. The van der Waals surface area contributed by atoms with E-state index in [-0.39, 0.29) is 22.8 Å². The predicted octanol–water partition coefficient (Wildman–Crippen LogP) is 1.68. The molecule has 1 aromatic heterocycles. The van der Waals surface area contributed by atoms with E-state index in [1.54, 1.807) is 0 Å². The Morgan fingerprint density at radius 3 is 2.63 bits per heavy atom. The first kappa shape index (κ1) is 23.7. The lowest BCUT2D eigenvalue weighted by Crippen LogP contribution is -2.47. The van der Waals surface area contributed by atoms with Crippen LogP contribution in [-0.4, -0.2) is 71.6 Å². The molecular formula is C25H33N7O3. The van der Waals surface area contributed by atoms with Crippen molar-refractivity contribution in [3.8, 4) is 0 Å². The van der Waals surface area contributed by atoms with Crippen molar-refractivity contribution in [3.63, 3.8) is 0 Å². The number of benzene rings is 1. The number of aromatic nitrogens is 1. The summed E-state index contributed by atoms with van der Waals surface area (Å²) in [6.45, 7) is 4.73. The van der Waals surface area contributed by atoms with Gasteiger partial charge in [0.25, 0.3) is 0 Å². The van der Waals surface area contributed by atoms with Crippen LogP contribution in [0.3, 0.4) is 0 Å². The number of para-hydroxylation sites is 2. The van der Waals surface area contributed by atoms with Gasteiger partial charge in [0.15, 0.2) is 0 Å². The number of nitrogens with zero attached hydrogens (tertiary/aromatic N) is 4. The van der Waals surface area contributed by atoms with Gasteiger partial charge in [-0.05, 0) is 42.7 Å². The minimum absolute atomic E-state index is 0.0877. The zero-order valence-corrected chi connectivity index (χ0v) is 19.8. The molecule has 4 atom stereocenters. The number of rotatable bonds is 7. The number of anilines is 2. The summed E-state index contributed by atoms with van der Waals surface area (Å²) < 4.78 is 0. The first-order valence-electron chi connectivity index (χ1n) is 12.5. The highest BCUT2D eigenvalue weighted by Crippen LogP contribution is 2.33. The summed E-state index contributed by atoms with van der Waals surface area (Å²) in [5.41, 5.74) is 9.40. The SMILES string of the molecule is O=C(Nc1ccccc1N1CCN(CCc2ccncc2)CC1)C1NNC2CCC([N+](=O)[O-])CC21. The Morgan fingerprint density at radius 2 is 1.86 bits per heavy atom. The quantitative estimate of drug-likeness (QED) is 0.406. The van der Waals surface area contributed by atoms with Gasteiger partial charge in [-0.2, -0.15) is 0 Å². The minimum atomic E-state index is -0.574. The molecule has 3 heterocycles. The van der Waals surface area contributed by atoms with E-state index in [0.717, 1.165) is 50.5 Å². The fourth-order valence-electron chi connectivity index (χ4n) is 5.60. The number of piperazine rings is 1. The molecule has 1 saturated carbocycles. The third-order valence-electron chi connectivity index (χ3n) is 7.65. The Labute approximate surface area is 205 Å². The number of fused-ring (bicyclic) bond motifs is 1. The van der Waals surface area contributed by atoms with Crippen LogP contribution >= 0.6 is 0 Å². The number of pyridine rings is 1. The number of amides is 1. The van der Waals surface area contributed by atoms with Crippen molar-refractivity contribution in [2.75, 3.05) is 42.9 Å². The summed E-state index contributed by atoms with van der Waals surface area (Å²) >= 11 is 0. The number of carbonyl (C=O) groups excluding carboxylic acids is 1. The molecule has 0 radical (unpaired) electrons. The Morgan fingerprint density at radius 1 is 1.09 bits per heavy atom. The van der Waals surface area contributed by atoms with Gasteiger partial charge in [0.1, 0.15) is 6.04 Å². The van der Waals surface area contributed by atoms with Crippen molar-refractivity contribution in [2.24, 2.45) is 5.92 Å². The third kappa shape index (κ3) is 5.44. The minimum Gasteiger partial charge on any atom is -0.367 e. The third-order valence-corrected chi connectivity index (χ3v) is 7.65. The summed E-state index contributed by atoms with van der Waals surface area (Å²) in [5.74, 6) is -0.229. The van der Waals surface area contributed by atoms with Crippen molar-refractivity contribution < 1.29 is 9.72 Å². The maximum atomic E-state index is 13.2. The van der Waals surface area contributed by atoms with Crippen LogP contribution in [0.4, 0.5) is 11.4 Å². The second-order valence-corrected chi connectivity index (χ2v) is 9.73.